The molecule has 1 saturated heterocycles. The lowest BCUT2D eigenvalue weighted by molar-refractivity contribution is -0.384. The Morgan fingerprint density at radius 2 is 2.05 bits per heavy atom. The first-order chi connectivity index (χ1) is 18.4. The number of hydrogen-bond acceptors (Lipinski definition) is 6. The smallest absolute Gasteiger partial charge is 0.270 e. The molecule has 38 heavy (non-hydrogen) atoms. The van der Waals surface area contributed by atoms with Gasteiger partial charge < -0.3 is 19.6 Å². The van der Waals surface area contributed by atoms with Gasteiger partial charge in [0.05, 0.1) is 28.7 Å². The summed E-state index contributed by atoms with van der Waals surface area (Å²) in [6.45, 7) is 1.58. The van der Waals surface area contributed by atoms with Crippen LogP contribution < -0.4 is 9.47 Å². The van der Waals surface area contributed by atoms with E-state index in [1.165, 1.54) is 17.2 Å². The van der Waals surface area contributed by atoms with Gasteiger partial charge in [0.2, 0.25) is 0 Å². The number of fused-ring (bicyclic) bond motifs is 4. The lowest BCUT2D eigenvalue weighted by Crippen LogP contribution is -2.74. The maximum absolute atomic E-state index is 13.0. The van der Waals surface area contributed by atoms with Crippen molar-refractivity contribution in [1.82, 2.24) is 9.88 Å². The van der Waals surface area contributed by atoms with Crippen LogP contribution in [0.25, 0.3) is 10.9 Å². The molecule has 8 heteroatoms. The van der Waals surface area contributed by atoms with Gasteiger partial charge >= 0.3 is 0 Å². The van der Waals surface area contributed by atoms with Crippen molar-refractivity contribution in [3.63, 3.8) is 0 Å². The van der Waals surface area contributed by atoms with E-state index in [2.05, 4.69) is 40.2 Å². The molecule has 1 spiro atoms. The van der Waals surface area contributed by atoms with Gasteiger partial charge in [-0.05, 0) is 41.7 Å². The lowest BCUT2D eigenvalue weighted by Gasteiger charge is -2.62. The number of ether oxygens (including phenoxy) is 2. The van der Waals surface area contributed by atoms with Crippen molar-refractivity contribution in [3.05, 3.63) is 98.7 Å². The van der Waals surface area contributed by atoms with Crippen molar-refractivity contribution in [2.45, 2.75) is 49.0 Å². The van der Waals surface area contributed by atoms with Gasteiger partial charge in [0.15, 0.2) is 17.6 Å². The number of nitro benzene ring substituents is 1. The van der Waals surface area contributed by atoms with E-state index >= 15 is 0 Å². The van der Waals surface area contributed by atoms with Gasteiger partial charge in [0.25, 0.3) is 5.69 Å². The summed E-state index contributed by atoms with van der Waals surface area (Å²) in [6.07, 6.45) is 1.40. The van der Waals surface area contributed by atoms with Crippen molar-refractivity contribution in [3.8, 4) is 11.5 Å². The van der Waals surface area contributed by atoms with Gasteiger partial charge in [-0.1, -0.05) is 36.4 Å². The number of hydrogen-bond donors (Lipinski definition) is 2. The average molecular weight is 510 g/mol. The molecule has 0 unspecified atom stereocenters. The molecule has 2 aliphatic heterocycles. The number of H-pyrrole nitrogens is 1. The molecular formula is C30H27N3O5. The fourth-order valence-electron chi connectivity index (χ4n) is 8.03. The van der Waals surface area contributed by atoms with Crippen LogP contribution in [-0.2, 0) is 24.8 Å². The molecule has 4 atom stereocenters. The molecule has 192 valence electrons. The maximum Gasteiger partial charge on any atom is 0.270 e. The highest BCUT2D eigenvalue weighted by molar-refractivity contribution is 5.88. The highest BCUT2D eigenvalue weighted by Crippen LogP contribution is 2.69. The Labute approximate surface area is 218 Å². The van der Waals surface area contributed by atoms with Crippen LogP contribution in [0.1, 0.15) is 40.5 Å². The fraction of sp³-hybridized carbons (Fsp3) is 0.333. The summed E-state index contributed by atoms with van der Waals surface area (Å²) in [5, 5.41) is 25.4. The van der Waals surface area contributed by atoms with Crippen LogP contribution in [0.3, 0.4) is 0 Å². The van der Waals surface area contributed by atoms with Crippen LogP contribution in [0.4, 0.5) is 5.69 Å². The molecule has 3 heterocycles. The Morgan fingerprint density at radius 1 is 1.21 bits per heavy atom. The van der Waals surface area contributed by atoms with Crippen molar-refractivity contribution < 1.29 is 19.5 Å². The summed E-state index contributed by atoms with van der Waals surface area (Å²) in [5.74, 6) is 1.40. The molecule has 0 amide bonds. The molecular weight excluding hydrogens is 482 g/mol. The zero-order chi connectivity index (χ0) is 25.8. The van der Waals surface area contributed by atoms with E-state index in [9.17, 15) is 15.2 Å². The Balaban J connectivity index is 1.37. The number of methoxy groups -OCH3 is 1. The molecule has 2 N–H and O–H groups in total. The third-order valence-electron chi connectivity index (χ3n) is 9.60. The van der Waals surface area contributed by atoms with Gasteiger partial charge in [0.1, 0.15) is 0 Å². The molecule has 8 nitrogen and oxygen atoms in total. The van der Waals surface area contributed by atoms with E-state index in [1.807, 2.05) is 12.1 Å². The molecule has 4 aliphatic rings. The summed E-state index contributed by atoms with van der Waals surface area (Å²) in [7, 11) is 1.65. The molecule has 2 aliphatic carbocycles. The van der Waals surface area contributed by atoms with E-state index < -0.39 is 17.1 Å². The lowest BCUT2D eigenvalue weighted by atomic mass is 9.49. The van der Waals surface area contributed by atoms with Crippen LogP contribution in [-0.4, -0.2) is 45.2 Å². The molecule has 8 rings (SSSR count). The van der Waals surface area contributed by atoms with E-state index in [-0.39, 0.29) is 16.7 Å². The number of non-ortho nitro benzene ring substituents is 1. The third-order valence-corrected chi connectivity index (χ3v) is 9.60. The molecule has 2 bridgehead atoms. The monoisotopic (exact) mass is 509 g/mol. The Morgan fingerprint density at radius 3 is 2.84 bits per heavy atom. The zero-order valence-corrected chi connectivity index (χ0v) is 20.9. The van der Waals surface area contributed by atoms with E-state index in [0.29, 0.717) is 18.6 Å². The maximum atomic E-state index is 13.0. The number of benzene rings is 3. The van der Waals surface area contributed by atoms with Gasteiger partial charge in [-0.3, -0.25) is 15.0 Å². The number of piperidine rings is 1. The number of aliphatic hydroxyl groups is 1. The van der Waals surface area contributed by atoms with E-state index in [0.717, 1.165) is 53.0 Å². The quantitative estimate of drug-likeness (QED) is 0.309. The Bertz CT molecular complexity index is 1650. The summed E-state index contributed by atoms with van der Waals surface area (Å²) in [5.41, 5.74) is 4.42. The Kier molecular flexibility index (Phi) is 4.29. The number of likely N-dealkylation sites (tertiary alicyclic amines) is 1. The number of rotatable bonds is 4. The highest BCUT2D eigenvalue weighted by atomic mass is 16.6. The van der Waals surface area contributed by atoms with Crippen LogP contribution in [0, 0.1) is 10.1 Å². The minimum atomic E-state index is -1.12. The normalized spacial score (nSPS) is 28.5. The first-order valence-corrected chi connectivity index (χ1v) is 13.1. The first kappa shape index (κ1) is 22.1. The first-order valence-electron chi connectivity index (χ1n) is 13.1. The topological polar surface area (TPSA) is 101 Å². The fourth-order valence-corrected chi connectivity index (χ4v) is 8.03. The standard InChI is InChI=1S/C30H27N3O5/c1-37-23-10-7-18-13-24-30(34)15-21-20-14-19(33(35)36)8-9-22(20)31-26(21)28-29(30,25(18)27(23)38-28)11-12-32(24)16-17-5-3-2-4-6-17/h2-10,14,24,28,31,34H,11-13,15-16H2,1H3/t24-,28+,29+,30-/m1/s1. The zero-order valence-electron chi connectivity index (χ0n) is 20.9. The molecule has 0 radical (unpaired) electrons. The molecule has 1 fully saturated rings. The second-order valence-electron chi connectivity index (χ2n) is 11.1. The number of aromatic nitrogens is 1. The third kappa shape index (κ3) is 2.57. The van der Waals surface area contributed by atoms with Crippen LogP contribution in [0.15, 0.2) is 60.7 Å². The molecule has 3 aromatic carbocycles. The second-order valence-corrected chi connectivity index (χ2v) is 11.1. The van der Waals surface area contributed by atoms with Gasteiger partial charge in [-0.25, -0.2) is 0 Å². The number of nitrogens with one attached hydrogen (secondary N) is 1. The largest absolute Gasteiger partial charge is 0.493 e. The van der Waals surface area contributed by atoms with Crippen LogP contribution in [0.2, 0.25) is 0 Å². The van der Waals surface area contributed by atoms with Crippen molar-refractivity contribution in [1.29, 1.82) is 0 Å². The van der Waals surface area contributed by atoms with E-state index in [4.69, 9.17) is 9.47 Å². The van der Waals surface area contributed by atoms with Crippen molar-refractivity contribution in [2.75, 3.05) is 13.7 Å². The second kappa shape index (κ2) is 7.36. The SMILES string of the molecule is COc1ccc2c3c1O[C@H]1c4[nH]c5ccc([N+](=O)[O-])cc5c4C[C@@]4(O)[C@@H](C2)N(Cc2ccccc2)CC[C@]314. The number of nitrogens with zero attached hydrogens (tertiary/aromatic N) is 2. The molecule has 1 aromatic heterocycles. The number of nitro groups is 1. The predicted octanol–water partition coefficient (Wildman–Crippen LogP) is 4.57. The minimum Gasteiger partial charge on any atom is -0.493 e. The summed E-state index contributed by atoms with van der Waals surface area (Å²) in [4.78, 5) is 17.2. The summed E-state index contributed by atoms with van der Waals surface area (Å²) in [6, 6.07) is 19.3. The average Bonchev–Trinajstić information content (AvgIpc) is 3.45. The molecule has 4 aromatic rings. The van der Waals surface area contributed by atoms with Crippen molar-refractivity contribution >= 4 is 16.6 Å². The van der Waals surface area contributed by atoms with Crippen molar-refractivity contribution in [2.24, 2.45) is 0 Å². The summed E-state index contributed by atoms with van der Waals surface area (Å²) < 4.78 is 12.5. The van der Waals surface area contributed by atoms with Crippen LogP contribution >= 0.6 is 0 Å². The van der Waals surface area contributed by atoms with Crippen LogP contribution in [0.5, 0.6) is 11.5 Å². The van der Waals surface area contributed by atoms with E-state index in [1.54, 1.807) is 19.2 Å². The molecule has 0 saturated carbocycles. The van der Waals surface area contributed by atoms with Gasteiger partial charge in [0, 0.05) is 54.2 Å². The minimum absolute atomic E-state index is 0.0423. The predicted molar refractivity (Wildman–Crippen MR) is 141 cm³/mol. The van der Waals surface area contributed by atoms with Gasteiger partial charge in [-0.2, -0.15) is 0 Å². The van der Waals surface area contributed by atoms with Gasteiger partial charge in [-0.15, -0.1) is 0 Å². The summed E-state index contributed by atoms with van der Waals surface area (Å²) >= 11 is 0. The Hall–Kier alpha value is -3.88. The highest BCUT2D eigenvalue weighted by Gasteiger charge is 2.72. The number of aromatic amines is 1.